The number of rotatable bonds is 1. The van der Waals surface area contributed by atoms with E-state index in [1.165, 1.54) is 12.1 Å². The summed E-state index contributed by atoms with van der Waals surface area (Å²) in [4.78, 5) is 0. The number of hydrogen-bond donors (Lipinski definition) is 1. The van der Waals surface area contributed by atoms with E-state index in [1.54, 1.807) is 6.07 Å². The number of hydrogen-bond acceptors (Lipinski definition) is 1. The highest BCUT2D eigenvalue weighted by molar-refractivity contribution is 5.34. The van der Waals surface area contributed by atoms with Crippen LogP contribution in [0, 0.1) is 18.2 Å². The van der Waals surface area contributed by atoms with Crippen molar-refractivity contribution in [3.05, 3.63) is 35.1 Å². The molecule has 1 N–H and O–H groups in total. The maximum Gasteiger partial charge on any atom is 0.123 e. The monoisotopic (exact) mass is 236 g/mol. The second kappa shape index (κ2) is 4.09. The third-order valence-corrected chi connectivity index (χ3v) is 4.36. The molecule has 0 saturated heterocycles. The first-order valence-corrected chi connectivity index (χ1v) is 6.36. The van der Waals surface area contributed by atoms with Gasteiger partial charge in [0.05, 0.1) is 5.60 Å². The lowest BCUT2D eigenvalue weighted by Gasteiger charge is -2.47. The largest absolute Gasteiger partial charge is 0.385 e. The van der Waals surface area contributed by atoms with Gasteiger partial charge in [-0.3, -0.25) is 0 Å². The van der Waals surface area contributed by atoms with E-state index in [9.17, 15) is 9.50 Å². The maximum absolute atomic E-state index is 13.4. The third-order valence-electron chi connectivity index (χ3n) is 4.36. The lowest BCUT2D eigenvalue weighted by molar-refractivity contribution is -0.104. The summed E-state index contributed by atoms with van der Waals surface area (Å²) in [5, 5.41) is 11.0. The van der Waals surface area contributed by atoms with E-state index in [2.05, 4.69) is 13.8 Å². The van der Waals surface area contributed by atoms with Gasteiger partial charge in [-0.15, -0.1) is 0 Å². The van der Waals surface area contributed by atoms with Crippen LogP contribution in [0.2, 0.25) is 0 Å². The summed E-state index contributed by atoms with van der Waals surface area (Å²) >= 11 is 0. The van der Waals surface area contributed by atoms with E-state index in [-0.39, 0.29) is 11.2 Å². The minimum absolute atomic E-state index is 0.191. The molecule has 94 valence electrons. The van der Waals surface area contributed by atoms with Crippen molar-refractivity contribution in [1.29, 1.82) is 0 Å². The molecule has 0 heterocycles. The molecular formula is C15H21FO. The Hall–Kier alpha value is -0.890. The second-order valence-electron chi connectivity index (χ2n) is 5.91. The molecule has 0 aromatic heterocycles. The molecule has 1 aliphatic rings. The molecule has 1 nitrogen and oxygen atoms in total. The van der Waals surface area contributed by atoms with Crippen molar-refractivity contribution < 1.29 is 9.50 Å². The van der Waals surface area contributed by atoms with Gasteiger partial charge in [0, 0.05) is 0 Å². The molecule has 0 bridgehead atoms. The smallest absolute Gasteiger partial charge is 0.123 e. The van der Waals surface area contributed by atoms with Gasteiger partial charge in [-0.05, 0) is 48.4 Å². The van der Waals surface area contributed by atoms with E-state index < -0.39 is 5.60 Å². The van der Waals surface area contributed by atoms with Gasteiger partial charge in [0.25, 0.3) is 0 Å². The standard InChI is InChI=1S/C15H21FO/c1-11-6-7-12(16)10-13(11)15(17)9-5-4-8-14(15,2)3/h6-7,10,17H,4-5,8-9H2,1-3H3. The highest BCUT2D eigenvalue weighted by atomic mass is 19.1. The maximum atomic E-state index is 13.4. The van der Waals surface area contributed by atoms with Crippen molar-refractivity contribution in [3.8, 4) is 0 Å². The van der Waals surface area contributed by atoms with Crippen LogP contribution in [0.25, 0.3) is 0 Å². The van der Waals surface area contributed by atoms with Crippen LogP contribution in [0.5, 0.6) is 0 Å². The van der Waals surface area contributed by atoms with Crippen LogP contribution in [0.3, 0.4) is 0 Å². The minimum atomic E-state index is -0.891. The van der Waals surface area contributed by atoms with E-state index in [0.29, 0.717) is 0 Å². The van der Waals surface area contributed by atoms with Gasteiger partial charge in [-0.1, -0.05) is 32.8 Å². The van der Waals surface area contributed by atoms with Crippen molar-refractivity contribution in [2.45, 2.75) is 52.1 Å². The van der Waals surface area contributed by atoms with E-state index >= 15 is 0 Å². The molecular weight excluding hydrogens is 215 g/mol. The number of aryl methyl sites for hydroxylation is 1. The van der Waals surface area contributed by atoms with Crippen molar-refractivity contribution in [2.75, 3.05) is 0 Å². The SMILES string of the molecule is Cc1ccc(F)cc1C1(O)CCCCC1(C)C. The molecule has 1 aliphatic carbocycles. The molecule has 0 aliphatic heterocycles. The summed E-state index contributed by atoms with van der Waals surface area (Å²) in [5.41, 5.74) is 0.660. The molecule has 0 radical (unpaired) electrons. The van der Waals surface area contributed by atoms with Crippen LogP contribution in [0.4, 0.5) is 4.39 Å². The Morgan fingerprint density at radius 3 is 2.47 bits per heavy atom. The number of aliphatic hydroxyl groups is 1. The third kappa shape index (κ3) is 1.99. The zero-order valence-electron chi connectivity index (χ0n) is 10.9. The topological polar surface area (TPSA) is 20.2 Å². The minimum Gasteiger partial charge on any atom is -0.385 e. The molecule has 1 fully saturated rings. The van der Waals surface area contributed by atoms with Crippen molar-refractivity contribution in [2.24, 2.45) is 5.41 Å². The normalized spacial score (nSPS) is 28.1. The van der Waals surface area contributed by atoms with Gasteiger partial charge in [-0.25, -0.2) is 4.39 Å². The molecule has 0 spiro atoms. The first kappa shape index (κ1) is 12.6. The Kier molecular flexibility index (Phi) is 3.03. The fraction of sp³-hybridized carbons (Fsp3) is 0.600. The summed E-state index contributed by atoms with van der Waals surface area (Å²) in [6.07, 6.45) is 3.86. The van der Waals surface area contributed by atoms with Crippen molar-refractivity contribution in [3.63, 3.8) is 0 Å². The highest BCUT2D eigenvalue weighted by Gasteiger charge is 2.47. The average molecular weight is 236 g/mol. The number of halogens is 1. The van der Waals surface area contributed by atoms with Gasteiger partial charge < -0.3 is 5.11 Å². The Labute approximate surface area is 103 Å². The lowest BCUT2D eigenvalue weighted by Crippen LogP contribution is -2.45. The fourth-order valence-corrected chi connectivity index (χ4v) is 3.03. The zero-order valence-corrected chi connectivity index (χ0v) is 10.9. The molecule has 0 amide bonds. The molecule has 1 saturated carbocycles. The van der Waals surface area contributed by atoms with E-state index in [1.807, 2.05) is 6.92 Å². The van der Waals surface area contributed by atoms with Crippen LogP contribution in [0.15, 0.2) is 18.2 Å². The van der Waals surface area contributed by atoms with Crippen LogP contribution in [-0.2, 0) is 5.60 Å². The van der Waals surface area contributed by atoms with Gasteiger partial charge in [0.1, 0.15) is 5.82 Å². The average Bonchev–Trinajstić information content (AvgIpc) is 2.26. The molecule has 1 aromatic rings. The summed E-state index contributed by atoms with van der Waals surface area (Å²) in [6, 6.07) is 4.72. The predicted octanol–water partition coefficient (Wildman–Crippen LogP) is 3.92. The van der Waals surface area contributed by atoms with Gasteiger partial charge >= 0.3 is 0 Å². The first-order valence-electron chi connectivity index (χ1n) is 6.36. The Balaban J connectivity index is 2.52. The molecule has 17 heavy (non-hydrogen) atoms. The van der Waals surface area contributed by atoms with E-state index in [4.69, 9.17) is 0 Å². The van der Waals surface area contributed by atoms with Crippen LogP contribution in [0.1, 0.15) is 50.7 Å². The summed E-state index contributed by atoms with van der Waals surface area (Å²) in [6.45, 7) is 6.10. The second-order valence-corrected chi connectivity index (χ2v) is 5.91. The van der Waals surface area contributed by atoms with Crippen molar-refractivity contribution >= 4 is 0 Å². The molecule has 1 unspecified atom stereocenters. The zero-order chi connectivity index (χ0) is 12.7. The summed E-state index contributed by atoms with van der Waals surface area (Å²) in [5.74, 6) is -0.264. The Morgan fingerprint density at radius 2 is 1.82 bits per heavy atom. The van der Waals surface area contributed by atoms with Crippen LogP contribution in [-0.4, -0.2) is 5.11 Å². The summed E-state index contributed by atoms with van der Waals surface area (Å²) in [7, 11) is 0. The van der Waals surface area contributed by atoms with Gasteiger partial charge in [0.15, 0.2) is 0 Å². The molecule has 2 heteroatoms. The fourth-order valence-electron chi connectivity index (χ4n) is 3.03. The lowest BCUT2D eigenvalue weighted by atomic mass is 9.62. The van der Waals surface area contributed by atoms with E-state index in [0.717, 1.165) is 36.8 Å². The van der Waals surface area contributed by atoms with Gasteiger partial charge in [0.2, 0.25) is 0 Å². The number of benzene rings is 1. The molecule has 2 rings (SSSR count). The highest BCUT2D eigenvalue weighted by Crippen LogP contribution is 2.50. The molecule has 1 atom stereocenters. The first-order chi connectivity index (χ1) is 7.87. The van der Waals surface area contributed by atoms with Crippen molar-refractivity contribution in [1.82, 2.24) is 0 Å². The Morgan fingerprint density at radius 1 is 1.18 bits per heavy atom. The van der Waals surface area contributed by atoms with Crippen LogP contribution >= 0.6 is 0 Å². The summed E-state index contributed by atoms with van der Waals surface area (Å²) < 4.78 is 13.4. The molecule has 1 aromatic carbocycles. The van der Waals surface area contributed by atoms with Gasteiger partial charge in [-0.2, -0.15) is 0 Å². The Bertz CT molecular complexity index is 425. The quantitative estimate of drug-likeness (QED) is 0.783. The van der Waals surface area contributed by atoms with Crippen LogP contribution < -0.4 is 0 Å². The predicted molar refractivity (Wildman–Crippen MR) is 67.3 cm³/mol.